The highest BCUT2D eigenvalue weighted by Gasteiger charge is 2.25. The van der Waals surface area contributed by atoms with Crippen LogP contribution in [-0.4, -0.2) is 34.8 Å². The summed E-state index contributed by atoms with van der Waals surface area (Å²) in [5, 5.41) is 2.61. The lowest BCUT2D eigenvalue weighted by atomic mass is 10.3. The Labute approximate surface area is 95.4 Å². The van der Waals surface area contributed by atoms with Gasteiger partial charge in [-0.2, -0.15) is 28.1 Å². The number of halogens is 3. The summed E-state index contributed by atoms with van der Waals surface area (Å²) in [5.41, 5.74) is 5.35. The molecule has 0 bridgehead atoms. The summed E-state index contributed by atoms with van der Waals surface area (Å²) in [7, 11) is 1.35. The fourth-order valence-corrected chi connectivity index (χ4v) is 1.03. The third-order valence-electron chi connectivity index (χ3n) is 1.73. The molecule has 0 radical (unpaired) electrons. The summed E-state index contributed by atoms with van der Waals surface area (Å²) in [6, 6.07) is 0.0100. The zero-order chi connectivity index (χ0) is 12.9. The minimum absolute atomic E-state index is 0.0100. The van der Waals surface area contributed by atoms with Gasteiger partial charge in [0.25, 0.3) is 0 Å². The van der Waals surface area contributed by atoms with Gasteiger partial charge in [0.1, 0.15) is 0 Å². The quantitative estimate of drug-likeness (QED) is 0.765. The lowest BCUT2D eigenvalue weighted by molar-refractivity contribution is -0.134. The van der Waals surface area contributed by atoms with Gasteiger partial charge in [-0.3, -0.25) is 0 Å². The van der Waals surface area contributed by atoms with Crippen LogP contribution in [0.3, 0.4) is 0 Å². The van der Waals surface area contributed by atoms with Crippen LogP contribution in [-0.2, 0) is 0 Å². The van der Waals surface area contributed by atoms with Crippen molar-refractivity contribution in [1.82, 2.24) is 15.0 Å². The molecule has 0 saturated heterocycles. The van der Waals surface area contributed by atoms with E-state index in [2.05, 4.69) is 20.3 Å². The summed E-state index contributed by atoms with van der Waals surface area (Å²) < 4.78 is 40.3. The molecule has 0 saturated carbocycles. The van der Waals surface area contributed by atoms with Crippen LogP contribution in [0.15, 0.2) is 0 Å². The van der Waals surface area contributed by atoms with Crippen molar-refractivity contribution in [3.05, 3.63) is 0 Å². The molecule has 1 aromatic heterocycles. The zero-order valence-electron chi connectivity index (χ0n) is 9.08. The van der Waals surface area contributed by atoms with E-state index in [0.717, 1.165) is 0 Å². The first-order chi connectivity index (χ1) is 7.90. The minimum Gasteiger partial charge on any atom is -0.467 e. The van der Waals surface area contributed by atoms with Crippen molar-refractivity contribution >= 4 is 11.9 Å². The zero-order valence-corrected chi connectivity index (χ0v) is 9.08. The van der Waals surface area contributed by atoms with E-state index in [-0.39, 0.29) is 30.9 Å². The van der Waals surface area contributed by atoms with Gasteiger partial charge >= 0.3 is 12.2 Å². The number of nitrogen functional groups attached to an aromatic ring is 1. The van der Waals surface area contributed by atoms with E-state index in [1.807, 2.05) is 0 Å². The van der Waals surface area contributed by atoms with Gasteiger partial charge in [0.05, 0.1) is 7.11 Å². The van der Waals surface area contributed by atoms with E-state index in [1.54, 1.807) is 0 Å². The van der Waals surface area contributed by atoms with Crippen LogP contribution < -0.4 is 15.8 Å². The van der Waals surface area contributed by atoms with Crippen molar-refractivity contribution in [2.45, 2.75) is 19.0 Å². The maximum atomic E-state index is 11.9. The van der Waals surface area contributed by atoms with Gasteiger partial charge in [-0.25, -0.2) is 0 Å². The average molecular weight is 251 g/mol. The highest BCUT2D eigenvalue weighted by Crippen LogP contribution is 2.21. The molecule has 96 valence electrons. The van der Waals surface area contributed by atoms with Crippen molar-refractivity contribution in [3.63, 3.8) is 0 Å². The first-order valence-electron chi connectivity index (χ1n) is 4.77. The van der Waals surface area contributed by atoms with Crippen LogP contribution in [0.5, 0.6) is 6.01 Å². The molecule has 9 heteroatoms. The topological polar surface area (TPSA) is 86.0 Å². The molecule has 0 aliphatic heterocycles. The maximum Gasteiger partial charge on any atom is 0.389 e. The fourth-order valence-electron chi connectivity index (χ4n) is 1.03. The SMILES string of the molecule is COc1nc(N)nc(NCCCC(F)(F)F)n1. The van der Waals surface area contributed by atoms with Crippen molar-refractivity contribution < 1.29 is 17.9 Å². The number of nitrogens with zero attached hydrogens (tertiary/aromatic N) is 3. The van der Waals surface area contributed by atoms with Crippen LogP contribution in [0.25, 0.3) is 0 Å². The van der Waals surface area contributed by atoms with Gasteiger partial charge in [-0.05, 0) is 6.42 Å². The van der Waals surface area contributed by atoms with E-state index < -0.39 is 12.6 Å². The fraction of sp³-hybridized carbons (Fsp3) is 0.625. The highest BCUT2D eigenvalue weighted by molar-refractivity contribution is 5.32. The largest absolute Gasteiger partial charge is 0.467 e. The van der Waals surface area contributed by atoms with E-state index in [4.69, 9.17) is 10.5 Å². The number of anilines is 2. The van der Waals surface area contributed by atoms with E-state index >= 15 is 0 Å². The Morgan fingerprint density at radius 2 is 2.00 bits per heavy atom. The third kappa shape index (κ3) is 5.18. The van der Waals surface area contributed by atoms with Crippen LogP contribution in [0.1, 0.15) is 12.8 Å². The second-order valence-corrected chi connectivity index (χ2v) is 3.15. The van der Waals surface area contributed by atoms with Crippen molar-refractivity contribution in [2.24, 2.45) is 0 Å². The summed E-state index contributed by atoms with van der Waals surface area (Å²) in [4.78, 5) is 11.1. The Hall–Kier alpha value is -1.80. The Kier molecular flexibility index (Phi) is 4.30. The molecule has 17 heavy (non-hydrogen) atoms. The van der Waals surface area contributed by atoms with Crippen molar-refractivity contribution in [1.29, 1.82) is 0 Å². The normalized spacial score (nSPS) is 11.3. The number of aromatic nitrogens is 3. The molecule has 1 heterocycles. The third-order valence-corrected chi connectivity index (χ3v) is 1.73. The van der Waals surface area contributed by atoms with Gasteiger partial charge in [0.2, 0.25) is 11.9 Å². The summed E-state index contributed by atoms with van der Waals surface area (Å²) in [6.07, 6.45) is -5.09. The molecule has 3 N–H and O–H groups in total. The molecule has 0 atom stereocenters. The van der Waals surface area contributed by atoms with Gasteiger partial charge in [0.15, 0.2) is 0 Å². The van der Waals surface area contributed by atoms with Crippen LogP contribution >= 0.6 is 0 Å². The number of hydrogen-bond acceptors (Lipinski definition) is 6. The number of rotatable bonds is 5. The Morgan fingerprint density at radius 3 is 2.59 bits per heavy atom. The number of hydrogen-bond donors (Lipinski definition) is 2. The van der Waals surface area contributed by atoms with Gasteiger partial charge in [-0.1, -0.05) is 0 Å². The molecule has 0 aliphatic carbocycles. The van der Waals surface area contributed by atoms with Gasteiger partial charge < -0.3 is 15.8 Å². The summed E-state index contributed by atoms with van der Waals surface area (Å²) in [6.45, 7) is 0.0894. The lowest BCUT2D eigenvalue weighted by Gasteiger charge is -2.08. The molecular formula is C8H12F3N5O. The Bertz CT molecular complexity index is 371. The molecule has 1 aromatic rings. The summed E-state index contributed by atoms with van der Waals surface area (Å²) in [5.74, 6) is 0.0340. The predicted molar refractivity (Wildman–Crippen MR) is 54.6 cm³/mol. The van der Waals surface area contributed by atoms with Gasteiger partial charge in [-0.15, -0.1) is 0 Å². The first-order valence-corrected chi connectivity index (χ1v) is 4.77. The molecule has 6 nitrogen and oxygen atoms in total. The molecule has 0 spiro atoms. The molecule has 0 aromatic carbocycles. The monoisotopic (exact) mass is 251 g/mol. The first kappa shape index (κ1) is 13.3. The van der Waals surface area contributed by atoms with Crippen molar-refractivity contribution in [3.8, 4) is 6.01 Å². The number of nitrogens with one attached hydrogen (secondary N) is 1. The van der Waals surface area contributed by atoms with Crippen LogP contribution in [0.2, 0.25) is 0 Å². The smallest absolute Gasteiger partial charge is 0.389 e. The maximum absolute atomic E-state index is 11.9. The Balaban J connectivity index is 2.44. The highest BCUT2D eigenvalue weighted by atomic mass is 19.4. The number of nitrogens with two attached hydrogens (primary N) is 1. The van der Waals surface area contributed by atoms with E-state index in [1.165, 1.54) is 7.11 Å². The standard InChI is InChI=1S/C8H12F3N5O/c1-17-7-15-5(12)14-6(16-7)13-4-2-3-8(9,10)11/h2-4H2,1H3,(H3,12,13,14,15,16). The number of methoxy groups -OCH3 is 1. The Morgan fingerprint density at radius 1 is 1.29 bits per heavy atom. The second kappa shape index (κ2) is 5.51. The average Bonchev–Trinajstić information content (AvgIpc) is 2.22. The van der Waals surface area contributed by atoms with Gasteiger partial charge in [0, 0.05) is 13.0 Å². The van der Waals surface area contributed by atoms with Crippen molar-refractivity contribution in [2.75, 3.05) is 24.7 Å². The van der Waals surface area contributed by atoms with Crippen LogP contribution in [0, 0.1) is 0 Å². The summed E-state index contributed by atoms with van der Waals surface area (Å²) >= 11 is 0. The molecule has 0 fully saturated rings. The number of alkyl halides is 3. The lowest BCUT2D eigenvalue weighted by Crippen LogP contribution is -2.13. The minimum atomic E-state index is -4.16. The molecule has 1 rings (SSSR count). The second-order valence-electron chi connectivity index (χ2n) is 3.15. The molecular weight excluding hydrogens is 239 g/mol. The number of ether oxygens (including phenoxy) is 1. The van der Waals surface area contributed by atoms with Crippen LogP contribution in [0.4, 0.5) is 25.1 Å². The van der Waals surface area contributed by atoms with E-state index in [0.29, 0.717) is 0 Å². The predicted octanol–water partition coefficient (Wildman–Crippen LogP) is 1.22. The molecule has 0 unspecified atom stereocenters. The molecule has 0 amide bonds. The molecule has 0 aliphatic rings. The van der Waals surface area contributed by atoms with E-state index in [9.17, 15) is 13.2 Å².